The molecule has 38 heavy (non-hydrogen) atoms. The second-order valence-corrected chi connectivity index (χ2v) is 10.0. The van der Waals surface area contributed by atoms with Crippen LogP contribution in [0.3, 0.4) is 0 Å². The Bertz CT molecular complexity index is 2310. The van der Waals surface area contributed by atoms with Crippen molar-refractivity contribution in [3.05, 3.63) is 103 Å². The van der Waals surface area contributed by atoms with Gasteiger partial charge >= 0.3 is 0 Å². The first kappa shape index (κ1) is 19.7. The maximum Gasteiger partial charge on any atom is 0.278 e. The van der Waals surface area contributed by atoms with Crippen LogP contribution >= 0.6 is 0 Å². The van der Waals surface area contributed by atoms with Crippen LogP contribution < -0.4 is 5.43 Å². The van der Waals surface area contributed by atoms with E-state index in [1.807, 2.05) is 60.7 Å². The highest BCUT2D eigenvalue weighted by Gasteiger charge is 2.39. The molecule has 0 bridgehead atoms. The highest BCUT2D eigenvalue weighted by atomic mass is 16.6. The molecule has 6 aromatic rings. The zero-order valence-corrected chi connectivity index (χ0v) is 19.4. The molecular formula is C31H12N2O5. The molecule has 0 heterocycles. The van der Waals surface area contributed by atoms with Crippen molar-refractivity contribution in [3.63, 3.8) is 0 Å². The lowest BCUT2D eigenvalue weighted by Gasteiger charge is -2.07. The van der Waals surface area contributed by atoms with Crippen LogP contribution in [0.4, 0.5) is 11.4 Å². The van der Waals surface area contributed by atoms with Crippen LogP contribution in [0.25, 0.3) is 86.9 Å². The molecule has 3 aliphatic carbocycles. The molecule has 176 valence electrons. The molecule has 0 N–H and O–H groups in total. The Morgan fingerprint density at radius 2 is 0.895 bits per heavy atom. The van der Waals surface area contributed by atoms with Gasteiger partial charge in [0.05, 0.1) is 20.6 Å². The summed E-state index contributed by atoms with van der Waals surface area (Å²) in [7, 11) is 0. The third-order valence-corrected chi connectivity index (χ3v) is 8.39. The van der Waals surface area contributed by atoms with Gasteiger partial charge in [-0.05, 0) is 43.1 Å². The lowest BCUT2D eigenvalue weighted by molar-refractivity contribution is -0.383. The predicted molar refractivity (Wildman–Crippen MR) is 149 cm³/mol. The number of benzene rings is 6. The van der Waals surface area contributed by atoms with E-state index >= 15 is 0 Å². The second-order valence-electron chi connectivity index (χ2n) is 10.0. The van der Waals surface area contributed by atoms with Gasteiger partial charge in [-0.3, -0.25) is 25.0 Å². The SMILES string of the molecule is O=c1c2c3c([N+](=O)[O-])cc4cccc5ccc(c-2c2c6ccc7cccc8cc([N+](=O)[O-])c(c1-2)c6c78)c3c54. The van der Waals surface area contributed by atoms with Gasteiger partial charge < -0.3 is 0 Å². The van der Waals surface area contributed by atoms with Crippen molar-refractivity contribution in [3.8, 4) is 22.3 Å². The number of hydrogen-bond donors (Lipinski definition) is 0. The molecule has 0 saturated carbocycles. The number of nitro benzene ring substituents is 2. The molecule has 3 aliphatic rings. The van der Waals surface area contributed by atoms with Crippen molar-refractivity contribution < 1.29 is 9.85 Å². The smallest absolute Gasteiger partial charge is 0.278 e. The molecule has 0 amide bonds. The third-order valence-electron chi connectivity index (χ3n) is 8.39. The number of non-ortho nitro benzene ring substituents is 2. The number of fused-ring (bicyclic) bond motifs is 7. The molecule has 0 atom stereocenters. The topological polar surface area (TPSA) is 103 Å². The molecular weight excluding hydrogens is 480 g/mol. The van der Waals surface area contributed by atoms with Gasteiger partial charge in [-0.1, -0.05) is 60.7 Å². The lowest BCUT2D eigenvalue weighted by atomic mass is 9.96. The van der Waals surface area contributed by atoms with Crippen LogP contribution in [-0.2, 0) is 0 Å². The van der Waals surface area contributed by atoms with Crippen molar-refractivity contribution in [2.45, 2.75) is 0 Å². The Labute approximate surface area is 211 Å². The summed E-state index contributed by atoms with van der Waals surface area (Å²) in [5.41, 5.74) is 1.17. The summed E-state index contributed by atoms with van der Waals surface area (Å²) < 4.78 is 0. The Kier molecular flexibility index (Phi) is 3.16. The minimum absolute atomic E-state index is 0.128. The number of rotatable bonds is 2. The van der Waals surface area contributed by atoms with E-state index in [9.17, 15) is 25.0 Å². The minimum atomic E-state index is -0.440. The summed E-state index contributed by atoms with van der Waals surface area (Å²) in [5, 5.41) is 33.3. The van der Waals surface area contributed by atoms with Gasteiger partial charge in [-0.15, -0.1) is 0 Å². The largest absolute Gasteiger partial charge is 0.289 e. The molecule has 0 aromatic heterocycles. The Balaban J connectivity index is 1.66. The fourth-order valence-electron chi connectivity index (χ4n) is 7.10. The van der Waals surface area contributed by atoms with Crippen molar-refractivity contribution in [1.82, 2.24) is 0 Å². The highest BCUT2D eigenvalue weighted by molar-refractivity contribution is 6.41. The normalized spacial score (nSPS) is 12.7. The van der Waals surface area contributed by atoms with E-state index in [2.05, 4.69) is 0 Å². The zero-order valence-electron chi connectivity index (χ0n) is 19.4. The monoisotopic (exact) mass is 492 g/mol. The Morgan fingerprint density at radius 1 is 0.474 bits per heavy atom. The average Bonchev–Trinajstić information content (AvgIpc) is 3.53. The number of nitro groups is 2. The predicted octanol–water partition coefficient (Wildman–Crippen LogP) is 7.74. The molecule has 0 aliphatic heterocycles. The van der Waals surface area contributed by atoms with E-state index in [-0.39, 0.29) is 22.5 Å². The number of hydrogen-bond acceptors (Lipinski definition) is 5. The first-order chi connectivity index (χ1) is 18.5. The van der Waals surface area contributed by atoms with Crippen molar-refractivity contribution in [1.29, 1.82) is 0 Å². The fourth-order valence-corrected chi connectivity index (χ4v) is 7.10. The summed E-state index contributed by atoms with van der Waals surface area (Å²) in [5.74, 6) is 0. The van der Waals surface area contributed by atoms with E-state index in [0.717, 1.165) is 43.1 Å². The summed E-state index contributed by atoms with van der Waals surface area (Å²) in [6.07, 6.45) is 0. The Morgan fingerprint density at radius 3 is 1.32 bits per heavy atom. The van der Waals surface area contributed by atoms with Crippen molar-refractivity contribution in [2.75, 3.05) is 0 Å². The highest BCUT2D eigenvalue weighted by Crippen LogP contribution is 2.58. The van der Waals surface area contributed by atoms with Crippen LogP contribution in [0.15, 0.2) is 77.6 Å². The second kappa shape index (κ2) is 6.10. The van der Waals surface area contributed by atoms with Gasteiger partial charge in [0, 0.05) is 45.2 Å². The van der Waals surface area contributed by atoms with Crippen molar-refractivity contribution >= 4 is 76.0 Å². The molecule has 0 radical (unpaired) electrons. The summed E-state index contributed by atoms with van der Waals surface area (Å²) in [6, 6.07) is 22.2. The van der Waals surface area contributed by atoms with E-state index in [1.54, 1.807) is 0 Å². The van der Waals surface area contributed by atoms with Gasteiger partial charge in [0.1, 0.15) is 0 Å². The van der Waals surface area contributed by atoms with E-state index in [0.29, 0.717) is 32.7 Å². The van der Waals surface area contributed by atoms with Gasteiger partial charge in [0.2, 0.25) is 0 Å². The van der Waals surface area contributed by atoms with Crippen molar-refractivity contribution in [2.24, 2.45) is 0 Å². The maximum atomic E-state index is 14.3. The molecule has 0 unspecified atom stereocenters. The van der Waals surface area contributed by atoms with Gasteiger partial charge in [-0.25, -0.2) is 0 Å². The van der Waals surface area contributed by atoms with Crippen LogP contribution in [0, 0.1) is 20.2 Å². The molecule has 7 heteroatoms. The molecule has 0 spiro atoms. The summed E-state index contributed by atoms with van der Waals surface area (Å²) in [4.78, 5) is 38.1. The maximum absolute atomic E-state index is 14.3. The molecule has 7 nitrogen and oxygen atoms in total. The quantitative estimate of drug-likeness (QED) is 0.181. The average molecular weight is 492 g/mol. The molecule has 6 aromatic carbocycles. The Hall–Kier alpha value is -5.43. The third kappa shape index (κ3) is 1.97. The lowest BCUT2D eigenvalue weighted by Crippen LogP contribution is -2.00. The first-order valence-electron chi connectivity index (χ1n) is 12.1. The molecule has 9 rings (SSSR count). The summed E-state index contributed by atoms with van der Waals surface area (Å²) >= 11 is 0. The van der Waals surface area contributed by atoms with E-state index < -0.39 is 15.3 Å². The van der Waals surface area contributed by atoms with Crippen LogP contribution in [0.5, 0.6) is 0 Å². The van der Waals surface area contributed by atoms with Crippen LogP contribution in [0.2, 0.25) is 0 Å². The number of nitrogens with zero attached hydrogens (tertiary/aromatic N) is 2. The van der Waals surface area contributed by atoms with E-state index in [1.165, 1.54) is 12.1 Å². The zero-order chi connectivity index (χ0) is 25.6. The molecule has 0 saturated heterocycles. The van der Waals surface area contributed by atoms with Gasteiger partial charge in [-0.2, -0.15) is 0 Å². The van der Waals surface area contributed by atoms with E-state index in [4.69, 9.17) is 0 Å². The fraction of sp³-hybridized carbons (Fsp3) is 0. The first-order valence-corrected chi connectivity index (χ1v) is 12.1. The minimum Gasteiger partial charge on any atom is -0.289 e. The van der Waals surface area contributed by atoms with Gasteiger partial charge in [0.25, 0.3) is 11.4 Å². The van der Waals surface area contributed by atoms with Gasteiger partial charge in [0.15, 0.2) is 5.43 Å². The standard InChI is InChI=1S/C31H12N2O5/c34-31-29-25(17-9-7-13-3-1-5-15-11-19(32(35)36)27(29)23(17)21(13)15)26-18-10-8-14-4-2-6-16-12-20(33(37)38)28(30(26)31)24(18)22(14)16/h1-12H. The summed E-state index contributed by atoms with van der Waals surface area (Å²) in [6.45, 7) is 0. The van der Waals surface area contributed by atoms with Crippen LogP contribution in [0.1, 0.15) is 0 Å². The molecule has 0 fully saturated rings. The van der Waals surface area contributed by atoms with Crippen LogP contribution in [-0.4, -0.2) is 9.85 Å².